The van der Waals surface area contributed by atoms with Crippen molar-refractivity contribution in [2.75, 3.05) is 5.32 Å². The van der Waals surface area contributed by atoms with Gasteiger partial charge in [-0.2, -0.15) is 11.3 Å². The third kappa shape index (κ3) is 2.94. The number of hydrogen-bond donors (Lipinski definition) is 1. The number of fused-ring (bicyclic) bond motifs is 1. The van der Waals surface area contributed by atoms with E-state index in [1.165, 1.54) is 11.3 Å². The fourth-order valence-corrected chi connectivity index (χ4v) is 3.52. The lowest BCUT2D eigenvalue weighted by atomic mass is 10.2. The highest BCUT2D eigenvalue weighted by Crippen LogP contribution is 2.28. The van der Waals surface area contributed by atoms with Gasteiger partial charge in [0.1, 0.15) is 0 Å². The number of aromatic nitrogens is 1. The van der Waals surface area contributed by atoms with Crippen molar-refractivity contribution in [3.63, 3.8) is 0 Å². The Hall–Kier alpha value is -1.43. The Morgan fingerprint density at radius 1 is 1.37 bits per heavy atom. The van der Waals surface area contributed by atoms with Gasteiger partial charge in [0.15, 0.2) is 5.13 Å². The number of halogens is 1. The number of carbonyl (C=O) groups is 1. The first-order chi connectivity index (χ1) is 9.20. The molecule has 1 aromatic carbocycles. The largest absolute Gasteiger partial charge is 0.302 e. The molecule has 2 aromatic heterocycles. The maximum Gasteiger partial charge on any atom is 0.230 e. The number of thiazole rings is 1. The summed E-state index contributed by atoms with van der Waals surface area (Å²) in [6, 6.07) is 7.44. The Morgan fingerprint density at radius 2 is 2.26 bits per heavy atom. The van der Waals surface area contributed by atoms with Crippen LogP contribution in [0.25, 0.3) is 10.2 Å². The van der Waals surface area contributed by atoms with E-state index in [2.05, 4.69) is 10.3 Å². The summed E-state index contributed by atoms with van der Waals surface area (Å²) in [4.78, 5) is 16.2. The number of nitrogens with one attached hydrogen (secondary N) is 1. The van der Waals surface area contributed by atoms with Crippen LogP contribution in [0.15, 0.2) is 35.0 Å². The van der Waals surface area contributed by atoms with E-state index in [1.54, 1.807) is 17.4 Å². The smallest absolute Gasteiger partial charge is 0.230 e. The number of amides is 1. The summed E-state index contributed by atoms with van der Waals surface area (Å²) in [5.41, 5.74) is 1.87. The van der Waals surface area contributed by atoms with Crippen LogP contribution in [-0.4, -0.2) is 10.9 Å². The second kappa shape index (κ2) is 5.28. The molecule has 0 unspecified atom stereocenters. The normalized spacial score (nSPS) is 10.8. The summed E-state index contributed by atoms with van der Waals surface area (Å²) in [5.74, 6) is -0.0523. The molecule has 0 aliphatic heterocycles. The van der Waals surface area contributed by atoms with E-state index >= 15 is 0 Å². The minimum atomic E-state index is -0.0523. The van der Waals surface area contributed by atoms with Crippen LogP contribution >= 0.6 is 34.3 Å². The fourth-order valence-electron chi connectivity index (χ4n) is 1.69. The third-order valence-corrected chi connectivity index (χ3v) is 4.44. The molecule has 6 heteroatoms. The summed E-state index contributed by atoms with van der Waals surface area (Å²) in [6.45, 7) is 0. The molecule has 0 saturated carbocycles. The molecule has 0 saturated heterocycles. The monoisotopic (exact) mass is 308 g/mol. The number of thiophene rings is 1. The van der Waals surface area contributed by atoms with Crippen LogP contribution in [0.3, 0.4) is 0 Å². The van der Waals surface area contributed by atoms with Gasteiger partial charge in [-0.3, -0.25) is 4.79 Å². The van der Waals surface area contributed by atoms with E-state index in [-0.39, 0.29) is 5.91 Å². The zero-order valence-corrected chi connectivity index (χ0v) is 12.1. The molecule has 1 N–H and O–H groups in total. The van der Waals surface area contributed by atoms with Crippen molar-refractivity contribution in [2.24, 2.45) is 0 Å². The maximum atomic E-state index is 11.9. The number of hydrogen-bond acceptors (Lipinski definition) is 4. The van der Waals surface area contributed by atoms with Crippen LogP contribution in [0.1, 0.15) is 5.56 Å². The van der Waals surface area contributed by atoms with E-state index < -0.39 is 0 Å². The summed E-state index contributed by atoms with van der Waals surface area (Å²) >= 11 is 8.93. The molecule has 0 bridgehead atoms. The quantitative estimate of drug-likeness (QED) is 0.788. The predicted molar refractivity (Wildman–Crippen MR) is 81.3 cm³/mol. The molecular formula is C13H9ClN2OS2. The second-order valence-electron chi connectivity index (χ2n) is 3.99. The number of anilines is 1. The summed E-state index contributed by atoms with van der Waals surface area (Å²) in [7, 11) is 0. The summed E-state index contributed by atoms with van der Waals surface area (Å²) in [6.07, 6.45) is 0.375. The zero-order valence-electron chi connectivity index (χ0n) is 9.72. The number of nitrogens with zero attached hydrogens (tertiary/aromatic N) is 1. The Balaban J connectivity index is 1.76. The molecule has 2 heterocycles. The van der Waals surface area contributed by atoms with Gasteiger partial charge in [-0.05, 0) is 40.6 Å². The molecule has 19 heavy (non-hydrogen) atoms. The lowest BCUT2D eigenvalue weighted by molar-refractivity contribution is -0.115. The van der Waals surface area contributed by atoms with Gasteiger partial charge in [0, 0.05) is 5.02 Å². The standard InChI is InChI=1S/C13H9ClN2OS2/c14-9-1-2-10-11(6-9)19-13(15-10)16-12(17)5-8-3-4-18-7-8/h1-4,6-7H,5H2,(H,15,16,17). The molecule has 0 radical (unpaired) electrons. The minimum Gasteiger partial charge on any atom is -0.302 e. The fraction of sp³-hybridized carbons (Fsp3) is 0.0769. The Labute approximate surface area is 122 Å². The van der Waals surface area contributed by atoms with Crippen LogP contribution in [-0.2, 0) is 11.2 Å². The van der Waals surface area contributed by atoms with Gasteiger partial charge in [0.25, 0.3) is 0 Å². The topological polar surface area (TPSA) is 42.0 Å². The molecule has 0 atom stereocenters. The summed E-state index contributed by atoms with van der Waals surface area (Å²) < 4.78 is 0.971. The van der Waals surface area contributed by atoms with Crippen LogP contribution in [0, 0.1) is 0 Å². The highest BCUT2D eigenvalue weighted by atomic mass is 35.5. The van der Waals surface area contributed by atoms with Crippen LogP contribution in [0.2, 0.25) is 5.02 Å². The average Bonchev–Trinajstić information content (AvgIpc) is 2.97. The van der Waals surface area contributed by atoms with Crippen molar-refractivity contribution in [1.82, 2.24) is 4.98 Å². The Morgan fingerprint density at radius 3 is 3.05 bits per heavy atom. The van der Waals surface area contributed by atoms with E-state index in [0.29, 0.717) is 16.6 Å². The van der Waals surface area contributed by atoms with Crippen molar-refractivity contribution >= 4 is 55.5 Å². The van der Waals surface area contributed by atoms with Crippen molar-refractivity contribution < 1.29 is 4.79 Å². The molecular weight excluding hydrogens is 300 g/mol. The number of benzene rings is 1. The Kier molecular flexibility index (Phi) is 3.50. The van der Waals surface area contributed by atoms with Gasteiger partial charge in [-0.15, -0.1) is 0 Å². The maximum absolute atomic E-state index is 11.9. The SMILES string of the molecule is O=C(Cc1ccsc1)Nc1nc2ccc(Cl)cc2s1. The minimum absolute atomic E-state index is 0.0523. The van der Waals surface area contributed by atoms with Gasteiger partial charge in [0.2, 0.25) is 5.91 Å². The molecule has 3 nitrogen and oxygen atoms in total. The Bertz CT molecular complexity index is 721. The number of carbonyl (C=O) groups excluding carboxylic acids is 1. The predicted octanol–water partition coefficient (Wildman–Crippen LogP) is 4.19. The summed E-state index contributed by atoms with van der Waals surface area (Å²) in [5, 5.41) is 8.03. The third-order valence-electron chi connectivity index (χ3n) is 2.54. The first kappa shape index (κ1) is 12.6. The van der Waals surface area contributed by atoms with Crippen LogP contribution < -0.4 is 5.32 Å². The molecule has 96 valence electrons. The van der Waals surface area contributed by atoms with Crippen molar-refractivity contribution in [3.05, 3.63) is 45.6 Å². The van der Waals surface area contributed by atoms with E-state index in [4.69, 9.17) is 11.6 Å². The van der Waals surface area contributed by atoms with Crippen molar-refractivity contribution in [2.45, 2.75) is 6.42 Å². The molecule has 0 spiro atoms. The first-order valence-corrected chi connectivity index (χ1v) is 7.71. The molecule has 0 aliphatic carbocycles. The molecule has 3 rings (SSSR count). The molecule has 1 amide bonds. The average molecular weight is 309 g/mol. The van der Waals surface area contributed by atoms with Crippen LogP contribution in [0.5, 0.6) is 0 Å². The van der Waals surface area contributed by atoms with Crippen molar-refractivity contribution in [1.29, 1.82) is 0 Å². The van der Waals surface area contributed by atoms with Gasteiger partial charge >= 0.3 is 0 Å². The van der Waals surface area contributed by atoms with Gasteiger partial charge in [-0.1, -0.05) is 22.9 Å². The molecule has 3 aromatic rings. The highest BCUT2D eigenvalue weighted by molar-refractivity contribution is 7.22. The van der Waals surface area contributed by atoms with E-state index in [0.717, 1.165) is 15.8 Å². The van der Waals surface area contributed by atoms with E-state index in [9.17, 15) is 4.79 Å². The first-order valence-electron chi connectivity index (χ1n) is 5.58. The molecule has 0 fully saturated rings. The second-order valence-corrected chi connectivity index (χ2v) is 6.23. The highest BCUT2D eigenvalue weighted by Gasteiger charge is 2.09. The lowest BCUT2D eigenvalue weighted by Crippen LogP contribution is -2.13. The van der Waals surface area contributed by atoms with Gasteiger partial charge < -0.3 is 5.32 Å². The molecule has 0 aliphatic rings. The van der Waals surface area contributed by atoms with Crippen molar-refractivity contribution in [3.8, 4) is 0 Å². The zero-order chi connectivity index (χ0) is 13.2. The number of rotatable bonds is 3. The lowest BCUT2D eigenvalue weighted by Gasteiger charge is -1.98. The van der Waals surface area contributed by atoms with Crippen LogP contribution in [0.4, 0.5) is 5.13 Å². The van der Waals surface area contributed by atoms with Gasteiger partial charge in [-0.25, -0.2) is 4.98 Å². The van der Waals surface area contributed by atoms with E-state index in [1.807, 2.05) is 29.0 Å². The van der Waals surface area contributed by atoms with Gasteiger partial charge in [0.05, 0.1) is 16.6 Å².